The topological polar surface area (TPSA) is 36.1 Å². The van der Waals surface area contributed by atoms with Crippen molar-refractivity contribution in [3.8, 4) is 0 Å². The molecule has 1 amide bonds. The van der Waals surface area contributed by atoms with Gasteiger partial charge in [-0.1, -0.05) is 6.92 Å². The van der Waals surface area contributed by atoms with E-state index in [0.29, 0.717) is 0 Å². The molecule has 0 spiro atoms. The Kier molecular flexibility index (Phi) is 2.72. The summed E-state index contributed by atoms with van der Waals surface area (Å²) in [6.45, 7) is 2.82. The smallest absolute Gasteiger partial charge is 0.214 e. The molecule has 0 unspecified atom stereocenters. The second kappa shape index (κ2) is 3.81. The summed E-state index contributed by atoms with van der Waals surface area (Å²) in [6.07, 6.45) is 5.45. The quantitative estimate of drug-likeness (QED) is 0.650. The lowest BCUT2D eigenvalue weighted by atomic mass is 10.4. The molecule has 1 heterocycles. The highest BCUT2D eigenvalue weighted by Crippen LogP contribution is 2.09. The van der Waals surface area contributed by atoms with Crippen LogP contribution in [0.3, 0.4) is 0 Å². The molecule has 0 aliphatic heterocycles. The van der Waals surface area contributed by atoms with Crippen molar-refractivity contribution in [1.29, 1.82) is 0 Å². The van der Waals surface area contributed by atoms with Gasteiger partial charge >= 0.3 is 0 Å². The Labute approximate surface area is 66.0 Å². The summed E-state index contributed by atoms with van der Waals surface area (Å²) in [5.74, 6) is 0. The van der Waals surface area contributed by atoms with Crippen molar-refractivity contribution in [2.45, 2.75) is 13.3 Å². The Hall–Kier alpha value is -1.25. The number of hydrogen-bond acceptors (Lipinski definition) is 1. The summed E-state index contributed by atoms with van der Waals surface area (Å²) in [5.41, 5.74) is 0.932. The highest BCUT2D eigenvalue weighted by Gasteiger charge is 2.01. The van der Waals surface area contributed by atoms with Crippen LogP contribution in [0, 0.1) is 0 Å². The van der Waals surface area contributed by atoms with Gasteiger partial charge in [0.15, 0.2) is 0 Å². The second-order valence-corrected chi connectivity index (χ2v) is 2.37. The Bertz CT molecular complexity index is 206. The van der Waals surface area contributed by atoms with Crippen LogP contribution in [0.25, 0.3) is 0 Å². The first-order valence-corrected chi connectivity index (χ1v) is 3.73. The summed E-state index contributed by atoms with van der Waals surface area (Å²) in [4.78, 5) is 15.1. The second-order valence-electron chi connectivity index (χ2n) is 2.37. The third kappa shape index (κ3) is 1.83. The van der Waals surface area contributed by atoms with Gasteiger partial charge in [-0.05, 0) is 12.5 Å². The van der Waals surface area contributed by atoms with Gasteiger partial charge in [-0.15, -0.1) is 0 Å². The Balaban J connectivity index is 2.63. The number of rotatable bonds is 4. The fraction of sp³-hybridized carbons (Fsp3) is 0.375. The molecule has 0 aromatic carbocycles. The van der Waals surface area contributed by atoms with E-state index in [2.05, 4.69) is 4.98 Å². The van der Waals surface area contributed by atoms with E-state index in [4.69, 9.17) is 0 Å². The fourth-order valence-corrected chi connectivity index (χ4v) is 0.977. The highest BCUT2D eigenvalue weighted by atomic mass is 16.1. The van der Waals surface area contributed by atoms with Gasteiger partial charge in [0.2, 0.25) is 6.41 Å². The lowest BCUT2D eigenvalue weighted by Gasteiger charge is -2.13. The van der Waals surface area contributed by atoms with Crippen molar-refractivity contribution in [2.75, 3.05) is 11.4 Å². The Morgan fingerprint density at radius 3 is 3.00 bits per heavy atom. The third-order valence-corrected chi connectivity index (χ3v) is 1.50. The van der Waals surface area contributed by atoms with Crippen LogP contribution in [-0.2, 0) is 4.79 Å². The zero-order valence-corrected chi connectivity index (χ0v) is 6.58. The largest absolute Gasteiger partial charge is 0.366 e. The minimum atomic E-state index is 0.779. The number of aromatic amines is 1. The number of nitrogens with zero attached hydrogens (tertiary/aromatic N) is 1. The lowest BCUT2D eigenvalue weighted by Crippen LogP contribution is -2.20. The maximum Gasteiger partial charge on any atom is 0.214 e. The molecule has 11 heavy (non-hydrogen) atoms. The van der Waals surface area contributed by atoms with Gasteiger partial charge in [0.25, 0.3) is 0 Å². The van der Waals surface area contributed by atoms with Crippen LogP contribution >= 0.6 is 0 Å². The van der Waals surface area contributed by atoms with Gasteiger partial charge in [-0.25, -0.2) is 0 Å². The van der Waals surface area contributed by atoms with E-state index in [9.17, 15) is 4.79 Å². The molecular weight excluding hydrogens is 140 g/mol. The van der Waals surface area contributed by atoms with Gasteiger partial charge in [0.05, 0.1) is 5.69 Å². The van der Waals surface area contributed by atoms with Crippen LogP contribution in [0.1, 0.15) is 13.3 Å². The minimum Gasteiger partial charge on any atom is -0.366 e. The van der Waals surface area contributed by atoms with Gasteiger partial charge in [-0.2, -0.15) is 0 Å². The first-order chi connectivity index (χ1) is 5.38. The summed E-state index contributed by atoms with van der Waals surface area (Å²) >= 11 is 0. The number of hydrogen-bond donors (Lipinski definition) is 1. The van der Waals surface area contributed by atoms with E-state index in [1.807, 2.05) is 25.4 Å². The van der Waals surface area contributed by atoms with Crippen LogP contribution in [-0.4, -0.2) is 17.9 Å². The van der Waals surface area contributed by atoms with Crippen LogP contribution < -0.4 is 4.90 Å². The number of carbonyl (C=O) groups is 1. The van der Waals surface area contributed by atoms with E-state index in [-0.39, 0.29) is 0 Å². The third-order valence-electron chi connectivity index (χ3n) is 1.50. The molecule has 0 saturated carbocycles. The maximum atomic E-state index is 10.5. The predicted molar refractivity (Wildman–Crippen MR) is 44.5 cm³/mol. The number of aromatic nitrogens is 1. The minimum absolute atomic E-state index is 0.779. The molecule has 1 aromatic rings. The van der Waals surface area contributed by atoms with Gasteiger partial charge in [-0.3, -0.25) is 4.79 Å². The molecule has 0 radical (unpaired) electrons. The molecule has 0 aliphatic rings. The van der Waals surface area contributed by atoms with Crippen LogP contribution in [0.5, 0.6) is 0 Å². The van der Waals surface area contributed by atoms with Crippen LogP contribution in [0.15, 0.2) is 18.5 Å². The number of amides is 1. The van der Waals surface area contributed by atoms with E-state index >= 15 is 0 Å². The van der Waals surface area contributed by atoms with Gasteiger partial charge in [0, 0.05) is 18.9 Å². The number of H-pyrrole nitrogens is 1. The maximum absolute atomic E-state index is 10.5. The Morgan fingerprint density at radius 1 is 1.73 bits per heavy atom. The monoisotopic (exact) mass is 152 g/mol. The van der Waals surface area contributed by atoms with E-state index in [1.165, 1.54) is 0 Å². The van der Waals surface area contributed by atoms with E-state index in [1.54, 1.807) is 4.90 Å². The SMILES string of the molecule is CCCN(C=O)c1cc[nH]c1. The van der Waals surface area contributed by atoms with E-state index < -0.39 is 0 Å². The molecule has 1 N–H and O–H groups in total. The van der Waals surface area contributed by atoms with Crippen molar-refractivity contribution in [2.24, 2.45) is 0 Å². The molecule has 0 aliphatic carbocycles. The average Bonchev–Trinajstić information content (AvgIpc) is 2.52. The number of carbonyl (C=O) groups excluding carboxylic acids is 1. The molecule has 0 atom stereocenters. The average molecular weight is 152 g/mol. The van der Waals surface area contributed by atoms with Gasteiger partial charge in [0.1, 0.15) is 0 Å². The summed E-state index contributed by atoms with van der Waals surface area (Å²) < 4.78 is 0. The molecule has 3 heteroatoms. The first-order valence-electron chi connectivity index (χ1n) is 3.73. The number of nitrogens with one attached hydrogen (secondary N) is 1. The summed E-state index contributed by atoms with van der Waals surface area (Å²) in [5, 5.41) is 0. The molecule has 1 aromatic heterocycles. The lowest BCUT2D eigenvalue weighted by molar-refractivity contribution is -0.107. The zero-order chi connectivity index (χ0) is 8.10. The predicted octanol–water partition coefficient (Wildman–Crippen LogP) is 1.39. The fourth-order valence-electron chi connectivity index (χ4n) is 0.977. The summed E-state index contributed by atoms with van der Waals surface area (Å²) in [6, 6.07) is 1.88. The van der Waals surface area contributed by atoms with Crippen LogP contribution in [0.4, 0.5) is 5.69 Å². The van der Waals surface area contributed by atoms with Crippen molar-refractivity contribution in [1.82, 2.24) is 4.98 Å². The molecule has 60 valence electrons. The molecule has 1 rings (SSSR count). The standard InChI is InChI=1S/C8H12N2O/c1-2-5-10(7-11)8-3-4-9-6-8/h3-4,6-7,9H,2,5H2,1H3. The molecule has 0 saturated heterocycles. The zero-order valence-electron chi connectivity index (χ0n) is 6.58. The van der Waals surface area contributed by atoms with Crippen molar-refractivity contribution < 1.29 is 4.79 Å². The highest BCUT2D eigenvalue weighted by molar-refractivity contribution is 5.74. The van der Waals surface area contributed by atoms with E-state index in [0.717, 1.165) is 25.1 Å². The molecule has 0 bridgehead atoms. The van der Waals surface area contributed by atoms with Crippen molar-refractivity contribution in [3.63, 3.8) is 0 Å². The van der Waals surface area contributed by atoms with Crippen molar-refractivity contribution >= 4 is 12.1 Å². The Morgan fingerprint density at radius 2 is 2.55 bits per heavy atom. The normalized spacial score (nSPS) is 9.55. The molecule has 3 nitrogen and oxygen atoms in total. The van der Waals surface area contributed by atoms with Crippen LogP contribution in [0.2, 0.25) is 0 Å². The molecule has 0 fully saturated rings. The first kappa shape index (κ1) is 7.85. The summed E-state index contributed by atoms with van der Waals surface area (Å²) in [7, 11) is 0. The number of anilines is 1. The van der Waals surface area contributed by atoms with Gasteiger partial charge < -0.3 is 9.88 Å². The van der Waals surface area contributed by atoms with Crippen molar-refractivity contribution in [3.05, 3.63) is 18.5 Å². The molecular formula is C8H12N2O.